The van der Waals surface area contributed by atoms with Crippen LogP contribution in [0.3, 0.4) is 0 Å². The Morgan fingerprint density at radius 2 is 1.73 bits per heavy atom. The summed E-state index contributed by atoms with van der Waals surface area (Å²) in [6, 6.07) is 14.0. The first kappa shape index (κ1) is 16.2. The standard InChI is InChI=1S/C17H19NO4/c19-10-9-12-5-7-14(8-6-12)18-17(22)15-4-2-1-3-13(15)11-16(20)21/h1-8,16,19-21H,9-11H2,(H,18,22). The highest BCUT2D eigenvalue weighted by molar-refractivity contribution is 6.05. The molecule has 0 radical (unpaired) electrons. The lowest BCUT2D eigenvalue weighted by Crippen LogP contribution is -2.17. The average molecular weight is 301 g/mol. The lowest BCUT2D eigenvalue weighted by atomic mass is 10.0. The number of hydrogen-bond donors (Lipinski definition) is 4. The fourth-order valence-electron chi connectivity index (χ4n) is 2.20. The van der Waals surface area contributed by atoms with Gasteiger partial charge in [-0.2, -0.15) is 0 Å². The monoisotopic (exact) mass is 301 g/mol. The summed E-state index contributed by atoms with van der Waals surface area (Å²) in [4.78, 5) is 12.3. The normalized spacial score (nSPS) is 10.7. The van der Waals surface area contributed by atoms with E-state index in [1.165, 1.54) is 0 Å². The molecule has 2 aromatic rings. The van der Waals surface area contributed by atoms with Crippen LogP contribution in [0.4, 0.5) is 5.69 Å². The van der Waals surface area contributed by atoms with E-state index in [-0.39, 0.29) is 18.9 Å². The van der Waals surface area contributed by atoms with Crippen LogP contribution in [-0.2, 0) is 12.8 Å². The quantitative estimate of drug-likeness (QED) is 0.606. The van der Waals surface area contributed by atoms with Crippen LogP contribution >= 0.6 is 0 Å². The van der Waals surface area contributed by atoms with Crippen LogP contribution in [-0.4, -0.2) is 34.1 Å². The third kappa shape index (κ3) is 4.39. The van der Waals surface area contributed by atoms with E-state index in [0.29, 0.717) is 23.2 Å². The second-order valence-electron chi connectivity index (χ2n) is 4.97. The molecule has 0 saturated heterocycles. The SMILES string of the molecule is O=C(Nc1ccc(CCO)cc1)c1ccccc1CC(O)O. The van der Waals surface area contributed by atoms with Gasteiger partial charge in [0.1, 0.15) is 0 Å². The summed E-state index contributed by atoms with van der Waals surface area (Å²) in [6.45, 7) is 0.0859. The molecular weight excluding hydrogens is 282 g/mol. The minimum atomic E-state index is -1.49. The van der Waals surface area contributed by atoms with Crippen molar-refractivity contribution in [2.75, 3.05) is 11.9 Å². The predicted molar refractivity (Wildman–Crippen MR) is 83.6 cm³/mol. The van der Waals surface area contributed by atoms with Crippen molar-refractivity contribution in [3.05, 3.63) is 65.2 Å². The molecule has 5 heteroatoms. The maximum absolute atomic E-state index is 12.3. The van der Waals surface area contributed by atoms with E-state index in [1.807, 2.05) is 12.1 Å². The zero-order valence-electron chi connectivity index (χ0n) is 12.1. The van der Waals surface area contributed by atoms with Gasteiger partial charge in [0, 0.05) is 24.3 Å². The smallest absolute Gasteiger partial charge is 0.255 e. The third-order valence-electron chi connectivity index (χ3n) is 3.28. The molecule has 2 aromatic carbocycles. The minimum absolute atomic E-state index is 0.000961. The van der Waals surface area contributed by atoms with E-state index < -0.39 is 6.29 Å². The molecule has 4 N–H and O–H groups in total. The van der Waals surface area contributed by atoms with Gasteiger partial charge in [-0.25, -0.2) is 0 Å². The van der Waals surface area contributed by atoms with Crippen molar-refractivity contribution in [2.45, 2.75) is 19.1 Å². The Hall–Kier alpha value is -2.21. The summed E-state index contributed by atoms with van der Waals surface area (Å²) in [6.07, 6.45) is -0.920. The first-order chi connectivity index (χ1) is 10.6. The molecular formula is C17H19NO4. The number of carbonyl (C=O) groups is 1. The molecule has 5 nitrogen and oxygen atoms in total. The number of rotatable bonds is 6. The largest absolute Gasteiger partial charge is 0.396 e. The van der Waals surface area contributed by atoms with Crippen LogP contribution in [0.5, 0.6) is 0 Å². The molecule has 0 aromatic heterocycles. The molecule has 0 aliphatic rings. The van der Waals surface area contributed by atoms with Crippen molar-refractivity contribution >= 4 is 11.6 Å². The second-order valence-corrected chi connectivity index (χ2v) is 4.97. The number of carbonyl (C=O) groups excluding carboxylic acids is 1. The minimum Gasteiger partial charge on any atom is -0.396 e. The molecule has 1 amide bonds. The van der Waals surface area contributed by atoms with Crippen molar-refractivity contribution in [3.63, 3.8) is 0 Å². The first-order valence-electron chi connectivity index (χ1n) is 7.05. The number of anilines is 1. The van der Waals surface area contributed by atoms with Gasteiger partial charge >= 0.3 is 0 Å². The van der Waals surface area contributed by atoms with Gasteiger partial charge in [0.25, 0.3) is 5.91 Å². The van der Waals surface area contributed by atoms with Gasteiger partial charge in [0.15, 0.2) is 6.29 Å². The zero-order chi connectivity index (χ0) is 15.9. The Morgan fingerprint density at radius 1 is 1.05 bits per heavy atom. The predicted octanol–water partition coefficient (Wildman–Crippen LogP) is 1.33. The fraction of sp³-hybridized carbons (Fsp3) is 0.235. The van der Waals surface area contributed by atoms with Crippen molar-refractivity contribution in [3.8, 4) is 0 Å². The molecule has 0 saturated carbocycles. The van der Waals surface area contributed by atoms with E-state index in [2.05, 4.69) is 5.32 Å². The molecule has 0 fully saturated rings. The van der Waals surface area contributed by atoms with Crippen LogP contribution in [0, 0.1) is 0 Å². The number of aliphatic hydroxyl groups is 3. The Labute approximate surface area is 128 Å². The molecule has 0 aliphatic carbocycles. The van der Waals surface area contributed by atoms with Crippen LogP contribution < -0.4 is 5.32 Å². The summed E-state index contributed by atoms with van der Waals surface area (Å²) >= 11 is 0. The van der Waals surface area contributed by atoms with Crippen LogP contribution in [0.1, 0.15) is 21.5 Å². The maximum Gasteiger partial charge on any atom is 0.255 e. The Kier molecular flexibility index (Phi) is 5.66. The molecule has 22 heavy (non-hydrogen) atoms. The number of hydrogen-bond acceptors (Lipinski definition) is 4. The Balaban J connectivity index is 2.12. The second kappa shape index (κ2) is 7.70. The molecule has 0 atom stereocenters. The van der Waals surface area contributed by atoms with Crippen LogP contribution in [0.2, 0.25) is 0 Å². The highest BCUT2D eigenvalue weighted by Crippen LogP contribution is 2.15. The first-order valence-corrected chi connectivity index (χ1v) is 7.05. The van der Waals surface area contributed by atoms with Gasteiger partial charge in [-0.1, -0.05) is 30.3 Å². The van der Waals surface area contributed by atoms with Gasteiger partial charge in [-0.3, -0.25) is 4.79 Å². The molecule has 0 spiro atoms. The van der Waals surface area contributed by atoms with Gasteiger partial charge in [0.05, 0.1) is 0 Å². The van der Waals surface area contributed by atoms with Gasteiger partial charge in [-0.05, 0) is 35.7 Å². The van der Waals surface area contributed by atoms with Crippen molar-refractivity contribution < 1.29 is 20.1 Å². The lowest BCUT2D eigenvalue weighted by Gasteiger charge is -2.11. The fourth-order valence-corrected chi connectivity index (χ4v) is 2.20. The Bertz CT molecular complexity index is 623. The highest BCUT2D eigenvalue weighted by Gasteiger charge is 2.13. The zero-order valence-corrected chi connectivity index (χ0v) is 12.1. The van der Waals surface area contributed by atoms with E-state index in [9.17, 15) is 4.79 Å². The van der Waals surface area contributed by atoms with Crippen molar-refractivity contribution in [2.24, 2.45) is 0 Å². The van der Waals surface area contributed by atoms with Crippen molar-refractivity contribution in [1.29, 1.82) is 0 Å². The number of amides is 1. The van der Waals surface area contributed by atoms with E-state index in [0.717, 1.165) is 5.56 Å². The summed E-state index contributed by atoms with van der Waals surface area (Å²) in [5, 5.41) is 29.8. The molecule has 0 aliphatic heterocycles. The number of benzene rings is 2. The summed E-state index contributed by atoms with van der Waals surface area (Å²) < 4.78 is 0. The van der Waals surface area contributed by atoms with E-state index in [4.69, 9.17) is 15.3 Å². The van der Waals surface area contributed by atoms with E-state index in [1.54, 1.807) is 36.4 Å². The lowest BCUT2D eigenvalue weighted by molar-refractivity contribution is -0.0382. The summed E-state index contributed by atoms with van der Waals surface area (Å²) in [5.74, 6) is -0.300. The third-order valence-corrected chi connectivity index (χ3v) is 3.28. The number of aliphatic hydroxyl groups excluding tert-OH is 2. The average Bonchev–Trinajstić information content (AvgIpc) is 2.49. The molecule has 0 unspecified atom stereocenters. The van der Waals surface area contributed by atoms with Gasteiger partial charge < -0.3 is 20.6 Å². The maximum atomic E-state index is 12.3. The van der Waals surface area contributed by atoms with Gasteiger partial charge in [-0.15, -0.1) is 0 Å². The summed E-state index contributed by atoms with van der Waals surface area (Å²) in [5.41, 5.74) is 2.62. The molecule has 2 rings (SSSR count). The van der Waals surface area contributed by atoms with E-state index >= 15 is 0 Å². The summed E-state index contributed by atoms with van der Waals surface area (Å²) in [7, 11) is 0. The molecule has 116 valence electrons. The topological polar surface area (TPSA) is 89.8 Å². The Morgan fingerprint density at radius 3 is 2.36 bits per heavy atom. The molecule has 0 bridgehead atoms. The highest BCUT2D eigenvalue weighted by atomic mass is 16.5. The molecule has 0 heterocycles. The van der Waals surface area contributed by atoms with Crippen molar-refractivity contribution in [1.82, 2.24) is 0 Å². The van der Waals surface area contributed by atoms with Crippen LogP contribution in [0.25, 0.3) is 0 Å². The van der Waals surface area contributed by atoms with Crippen LogP contribution in [0.15, 0.2) is 48.5 Å². The van der Waals surface area contributed by atoms with Gasteiger partial charge in [0.2, 0.25) is 0 Å². The number of nitrogens with one attached hydrogen (secondary N) is 1.